The average Bonchev–Trinajstić information content (AvgIpc) is 2.71. The van der Waals surface area contributed by atoms with E-state index in [4.69, 9.17) is 10.5 Å². The van der Waals surface area contributed by atoms with Crippen LogP contribution in [-0.2, 0) is 4.74 Å². The van der Waals surface area contributed by atoms with Crippen LogP contribution in [0.1, 0.15) is 16.6 Å². The summed E-state index contributed by atoms with van der Waals surface area (Å²) in [6, 6.07) is 0.0792. The second-order valence-electron chi connectivity index (χ2n) is 4.53. The van der Waals surface area contributed by atoms with Crippen molar-refractivity contribution in [1.82, 2.24) is 9.88 Å². The van der Waals surface area contributed by atoms with Crippen molar-refractivity contribution < 1.29 is 9.53 Å². The summed E-state index contributed by atoms with van der Waals surface area (Å²) in [4.78, 5) is 20.8. The lowest BCUT2D eigenvalue weighted by Gasteiger charge is -2.32. The number of nitrogens with zero attached hydrogens (tertiary/aromatic N) is 3. The third-order valence-electron chi connectivity index (χ3n) is 2.85. The number of amides is 1. The van der Waals surface area contributed by atoms with Crippen LogP contribution in [0, 0.1) is 0 Å². The molecule has 1 atom stereocenters. The molecule has 2 rings (SSSR count). The highest BCUT2D eigenvalue weighted by molar-refractivity contribution is 7.18. The van der Waals surface area contributed by atoms with E-state index in [-0.39, 0.29) is 11.9 Å². The molecule has 0 aliphatic carbocycles. The topological polar surface area (TPSA) is 71.7 Å². The first kappa shape index (κ1) is 13.1. The standard InChI is InChI=1S/C11H18N4O2S/c1-7-6-17-5-4-15(7)10(16)8-9(12)13-11(18-8)14(2)3/h7H,4-6,12H2,1-3H3. The second-order valence-corrected chi connectivity index (χ2v) is 5.51. The van der Waals surface area contributed by atoms with Gasteiger partial charge in [0, 0.05) is 20.6 Å². The summed E-state index contributed by atoms with van der Waals surface area (Å²) in [7, 11) is 3.76. The Morgan fingerprint density at radius 3 is 2.89 bits per heavy atom. The summed E-state index contributed by atoms with van der Waals surface area (Å²) in [5, 5.41) is 0.747. The van der Waals surface area contributed by atoms with Crippen LogP contribution in [0.25, 0.3) is 0 Å². The Morgan fingerprint density at radius 1 is 1.61 bits per heavy atom. The Balaban J connectivity index is 2.22. The number of carbonyl (C=O) groups excluding carboxylic acids is 1. The van der Waals surface area contributed by atoms with E-state index in [0.717, 1.165) is 5.13 Å². The zero-order valence-corrected chi connectivity index (χ0v) is 11.7. The van der Waals surface area contributed by atoms with Gasteiger partial charge in [-0.1, -0.05) is 11.3 Å². The first-order valence-electron chi connectivity index (χ1n) is 5.83. The summed E-state index contributed by atoms with van der Waals surface area (Å²) in [6.45, 7) is 3.73. The van der Waals surface area contributed by atoms with Crippen LogP contribution in [0.15, 0.2) is 0 Å². The van der Waals surface area contributed by atoms with Crippen molar-refractivity contribution in [3.63, 3.8) is 0 Å². The number of thiazole rings is 1. The Hall–Kier alpha value is -1.34. The molecule has 0 bridgehead atoms. The minimum Gasteiger partial charge on any atom is -0.382 e. The van der Waals surface area contributed by atoms with Crippen molar-refractivity contribution in [1.29, 1.82) is 0 Å². The molecule has 1 amide bonds. The summed E-state index contributed by atoms with van der Waals surface area (Å²) in [5.74, 6) is 0.265. The number of carbonyl (C=O) groups is 1. The highest BCUT2D eigenvalue weighted by atomic mass is 32.1. The molecular weight excluding hydrogens is 252 g/mol. The van der Waals surface area contributed by atoms with E-state index >= 15 is 0 Å². The van der Waals surface area contributed by atoms with Crippen LogP contribution in [0.4, 0.5) is 10.9 Å². The minimum atomic E-state index is -0.0473. The van der Waals surface area contributed by atoms with Gasteiger partial charge in [0.15, 0.2) is 5.13 Å². The number of aromatic nitrogens is 1. The minimum absolute atomic E-state index is 0.0473. The van der Waals surface area contributed by atoms with Gasteiger partial charge in [0.25, 0.3) is 5.91 Å². The largest absolute Gasteiger partial charge is 0.382 e. The molecule has 100 valence electrons. The second kappa shape index (κ2) is 5.11. The fraction of sp³-hybridized carbons (Fsp3) is 0.636. The number of morpholine rings is 1. The third kappa shape index (κ3) is 2.41. The van der Waals surface area contributed by atoms with Crippen LogP contribution in [0.2, 0.25) is 0 Å². The summed E-state index contributed by atoms with van der Waals surface area (Å²) >= 11 is 1.33. The molecule has 6 nitrogen and oxygen atoms in total. The molecule has 18 heavy (non-hydrogen) atoms. The molecule has 1 fully saturated rings. The maximum Gasteiger partial charge on any atom is 0.268 e. The molecule has 0 saturated carbocycles. The average molecular weight is 270 g/mol. The van der Waals surface area contributed by atoms with Crippen molar-refractivity contribution in [3.8, 4) is 0 Å². The zero-order valence-electron chi connectivity index (χ0n) is 10.8. The van der Waals surface area contributed by atoms with E-state index in [9.17, 15) is 4.79 Å². The van der Waals surface area contributed by atoms with Crippen molar-refractivity contribution in [2.24, 2.45) is 0 Å². The quantitative estimate of drug-likeness (QED) is 0.854. The Bertz CT molecular complexity index is 446. The molecule has 1 unspecified atom stereocenters. The lowest BCUT2D eigenvalue weighted by molar-refractivity contribution is 0.00391. The van der Waals surface area contributed by atoms with E-state index in [2.05, 4.69) is 4.98 Å². The molecule has 1 aliphatic rings. The zero-order chi connectivity index (χ0) is 13.3. The first-order chi connectivity index (χ1) is 8.50. The molecule has 0 aromatic carbocycles. The van der Waals surface area contributed by atoms with E-state index in [0.29, 0.717) is 30.5 Å². The van der Waals surface area contributed by atoms with Gasteiger partial charge < -0.3 is 20.3 Å². The van der Waals surface area contributed by atoms with Gasteiger partial charge in [-0.2, -0.15) is 0 Å². The Kier molecular flexibility index (Phi) is 3.72. The molecular formula is C11H18N4O2S. The van der Waals surface area contributed by atoms with Gasteiger partial charge in [0.05, 0.1) is 19.3 Å². The van der Waals surface area contributed by atoms with Crippen LogP contribution in [0.5, 0.6) is 0 Å². The lowest BCUT2D eigenvalue weighted by atomic mass is 10.2. The van der Waals surface area contributed by atoms with Gasteiger partial charge in [0.1, 0.15) is 10.7 Å². The maximum atomic E-state index is 12.4. The number of hydrogen-bond donors (Lipinski definition) is 1. The molecule has 1 saturated heterocycles. The molecule has 7 heteroatoms. The van der Waals surface area contributed by atoms with Gasteiger partial charge in [-0.05, 0) is 6.92 Å². The fourth-order valence-electron chi connectivity index (χ4n) is 1.82. The van der Waals surface area contributed by atoms with Gasteiger partial charge in [0.2, 0.25) is 0 Å². The summed E-state index contributed by atoms with van der Waals surface area (Å²) in [5.41, 5.74) is 5.83. The molecule has 1 aliphatic heterocycles. The van der Waals surface area contributed by atoms with Crippen molar-refractivity contribution in [3.05, 3.63) is 4.88 Å². The Morgan fingerprint density at radius 2 is 2.33 bits per heavy atom. The highest BCUT2D eigenvalue weighted by Crippen LogP contribution is 2.28. The third-order valence-corrected chi connectivity index (χ3v) is 4.07. The van der Waals surface area contributed by atoms with Crippen LogP contribution < -0.4 is 10.6 Å². The SMILES string of the molecule is CC1COCCN1C(=O)c1sc(N(C)C)nc1N. The summed E-state index contributed by atoms with van der Waals surface area (Å²) < 4.78 is 5.33. The Labute approximate surface area is 110 Å². The van der Waals surface area contributed by atoms with Crippen molar-refractivity contribution in [2.75, 3.05) is 44.5 Å². The molecule has 2 heterocycles. The van der Waals surface area contributed by atoms with E-state index in [1.54, 1.807) is 4.90 Å². The summed E-state index contributed by atoms with van der Waals surface area (Å²) in [6.07, 6.45) is 0. The highest BCUT2D eigenvalue weighted by Gasteiger charge is 2.28. The van der Waals surface area contributed by atoms with E-state index in [1.807, 2.05) is 25.9 Å². The molecule has 1 aromatic rings. The normalized spacial score (nSPS) is 19.9. The molecule has 2 N–H and O–H groups in total. The lowest BCUT2D eigenvalue weighted by Crippen LogP contribution is -2.47. The monoisotopic (exact) mass is 270 g/mol. The van der Waals surface area contributed by atoms with E-state index < -0.39 is 0 Å². The number of hydrogen-bond acceptors (Lipinski definition) is 6. The van der Waals surface area contributed by atoms with Gasteiger partial charge in [-0.3, -0.25) is 4.79 Å². The van der Waals surface area contributed by atoms with Gasteiger partial charge in [-0.15, -0.1) is 0 Å². The van der Waals surface area contributed by atoms with Gasteiger partial charge in [-0.25, -0.2) is 4.98 Å². The van der Waals surface area contributed by atoms with Crippen molar-refractivity contribution >= 4 is 28.2 Å². The number of nitrogens with two attached hydrogens (primary N) is 1. The smallest absolute Gasteiger partial charge is 0.268 e. The number of nitrogen functional groups attached to an aromatic ring is 1. The molecule has 1 aromatic heterocycles. The maximum absolute atomic E-state index is 12.4. The predicted molar refractivity (Wildman–Crippen MR) is 72.2 cm³/mol. The molecule has 0 spiro atoms. The fourth-order valence-corrected chi connectivity index (χ4v) is 2.69. The first-order valence-corrected chi connectivity index (χ1v) is 6.64. The van der Waals surface area contributed by atoms with Crippen LogP contribution in [-0.4, -0.2) is 55.7 Å². The van der Waals surface area contributed by atoms with Crippen LogP contribution in [0.3, 0.4) is 0 Å². The predicted octanol–water partition coefficient (Wildman–Crippen LogP) is 0.652. The van der Waals surface area contributed by atoms with Crippen molar-refractivity contribution in [2.45, 2.75) is 13.0 Å². The van der Waals surface area contributed by atoms with Crippen LogP contribution >= 0.6 is 11.3 Å². The van der Waals surface area contributed by atoms with Gasteiger partial charge >= 0.3 is 0 Å². The number of ether oxygens (including phenoxy) is 1. The number of rotatable bonds is 2. The molecule has 0 radical (unpaired) electrons. The number of anilines is 2. The van der Waals surface area contributed by atoms with E-state index in [1.165, 1.54) is 11.3 Å².